The van der Waals surface area contributed by atoms with Crippen molar-refractivity contribution in [2.24, 2.45) is 0 Å². The number of aryl methyl sites for hydroxylation is 1. The summed E-state index contributed by atoms with van der Waals surface area (Å²) >= 11 is 0. The third kappa shape index (κ3) is 1.76. The minimum absolute atomic E-state index is 0.00319. The van der Waals surface area contributed by atoms with Crippen LogP contribution in [0.1, 0.15) is 15.9 Å². The molecule has 0 unspecified atom stereocenters. The zero-order valence-electron chi connectivity index (χ0n) is 7.46. The van der Waals surface area contributed by atoms with Crippen LogP contribution in [0.3, 0.4) is 0 Å². The van der Waals surface area contributed by atoms with Crippen LogP contribution in [0.4, 0.5) is 15.8 Å². The lowest BCUT2D eigenvalue weighted by atomic mass is 10.0. The van der Waals surface area contributed by atoms with Gasteiger partial charge in [-0.3, -0.25) is 4.39 Å². The molecule has 76 valence electrons. The summed E-state index contributed by atoms with van der Waals surface area (Å²) in [7, 11) is 0. The summed E-state index contributed by atoms with van der Waals surface area (Å²) in [6, 6.07) is 2.96. The number of nitrogens with two attached hydrogens (primary N) is 2. The van der Waals surface area contributed by atoms with Crippen LogP contribution >= 0.6 is 0 Å². The van der Waals surface area contributed by atoms with Crippen LogP contribution in [0.2, 0.25) is 0 Å². The number of halogens is 1. The number of alkyl halides is 1. The Morgan fingerprint density at radius 2 is 2.07 bits per heavy atom. The summed E-state index contributed by atoms with van der Waals surface area (Å²) < 4.78 is 12.1. The number of hydrogen-bond acceptors (Lipinski definition) is 3. The van der Waals surface area contributed by atoms with Gasteiger partial charge in [0.2, 0.25) is 0 Å². The number of anilines is 2. The average molecular weight is 198 g/mol. The first-order chi connectivity index (χ1) is 6.57. The molecule has 5 heteroatoms. The summed E-state index contributed by atoms with van der Waals surface area (Å²) in [6.45, 7) is -0.621. The first kappa shape index (κ1) is 10.3. The van der Waals surface area contributed by atoms with E-state index in [0.717, 1.165) is 0 Å². The molecule has 1 rings (SSSR count). The van der Waals surface area contributed by atoms with Crippen LogP contribution in [0.15, 0.2) is 12.1 Å². The van der Waals surface area contributed by atoms with Gasteiger partial charge < -0.3 is 16.6 Å². The van der Waals surface area contributed by atoms with E-state index in [9.17, 15) is 9.18 Å². The predicted octanol–water partition coefficient (Wildman–Crippen LogP) is 1.06. The van der Waals surface area contributed by atoms with Crippen molar-refractivity contribution in [3.05, 3.63) is 23.3 Å². The van der Waals surface area contributed by atoms with Gasteiger partial charge in [0, 0.05) is 6.42 Å². The highest BCUT2D eigenvalue weighted by atomic mass is 19.1. The molecule has 0 amide bonds. The lowest BCUT2D eigenvalue weighted by Gasteiger charge is -2.09. The number of carboxylic acid groups (broad SMARTS) is 1. The molecule has 0 aliphatic carbocycles. The molecule has 4 nitrogen and oxygen atoms in total. The topological polar surface area (TPSA) is 89.3 Å². The number of carbonyl (C=O) groups is 1. The molecule has 0 fully saturated rings. The lowest BCUT2D eigenvalue weighted by Crippen LogP contribution is -2.10. The third-order valence-corrected chi connectivity index (χ3v) is 1.94. The van der Waals surface area contributed by atoms with E-state index in [0.29, 0.717) is 5.56 Å². The standard InChI is InChI=1S/C9H11FN2O2/c10-4-3-5-1-2-6(11)8(12)7(5)9(13)14/h1-2H,3-4,11-12H2,(H,13,14). The van der Waals surface area contributed by atoms with Crippen LogP contribution in [-0.4, -0.2) is 17.8 Å². The van der Waals surface area contributed by atoms with E-state index in [1.807, 2.05) is 0 Å². The Kier molecular flexibility index (Phi) is 2.91. The molecular weight excluding hydrogens is 187 g/mol. The first-order valence-corrected chi connectivity index (χ1v) is 4.04. The fourth-order valence-corrected chi connectivity index (χ4v) is 1.24. The summed E-state index contributed by atoms with van der Waals surface area (Å²) in [5.74, 6) is -1.18. The van der Waals surface area contributed by atoms with Crippen molar-refractivity contribution in [1.82, 2.24) is 0 Å². The van der Waals surface area contributed by atoms with Crippen LogP contribution < -0.4 is 11.5 Å². The van der Waals surface area contributed by atoms with Crippen molar-refractivity contribution in [3.63, 3.8) is 0 Å². The maximum absolute atomic E-state index is 12.1. The molecule has 0 atom stereocenters. The molecule has 0 aliphatic rings. The minimum Gasteiger partial charge on any atom is -0.478 e. The molecule has 0 radical (unpaired) electrons. The Hall–Kier alpha value is -1.78. The number of nitrogen functional groups attached to an aromatic ring is 2. The first-order valence-electron chi connectivity index (χ1n) is 4.04. The number of benzene rings is 1. The zero-order valence-corrected chi connectivity index (χ0v) is 7.46. The largest absolute Gasteiger partial charge is 0.478 e. The molecule has 0 aliphatic heterocycles. The van der Waals surface area contributed by atoms with Gasteiger partial charge in [0.1, 0.15) is 0 Å². The number of aromatic carboxylic acids is 1. The van der Waals surface area contributed by atoms with Gasteiger partial charge in [-0.05, 0) is 11.6 Å². The highest BCUT2D eigenvalue weighted by Gasteiger charge is 2.15. The molecule has 0 saturated carbocycles. The number of carboxylic acids is 1. The van der Waals surface area contributed by atoms with Gasteiger partial charge in [-0.2, -0.15) is 0 Å². The minimum atomic E-state index is -1.18. The summed E-state index contributed by atoms with van der Waals surface area (Å²) in [5.41, 5.74) is 11.4. The van der Waals surface area contributed by atoms with Gasteiger partial charge in [-0.25, -0.2) is 4.79 Å². The summed E-state index contributed by atoms with van der Waals surface area (Å²) in [5, 5.41) is 8.84. The van der Waals surface area contributed by atoms with Crippen LogP contribution in [0.5, 0.6) is 0 Å². The molecule has 5 N–H and O–H groups in total. The van der Waals surface area contributed by atoms with Crippen molar-refractivity contribution in [2.45, 2.75) is 6.42 Å². The molecule has 1 aromatic rings. The van der Waals surface area contributed by atoms with E-state index in [-0.39, 0.29) is 23.4 Å². The maximum Gasteiger partial charge on any atom is 0.338 e. The number of rotatable bonds is 3. The molecule has 0 bridgehead atoms. The fraction of sp³-hybridized carbons (Fsp3) is 0.222. The molecule has 0 aromatic heterocycles. The highest BCUT2D eigenvalue weighted by Crippen LogP contribution is 2.24. The van der Waals surface area contributed by atoms with Gasteiger partial charge in [0.25, 0.3) is 0 Å². The van der Waals surface area contributed by atoms with Gasteiger partial charge >= 0.3 is 5.97 Å². The van der Waals surface area contributed by atoms with Crippen molar-refractivity contribution in [3.8, 4) is 0 Å². The molecule has 0 heterocycles. The van der Waals surface area contributed by atoms with E-state index >= 15 is 0 Å². The Morgan fingerprint density at radius 3 is 2.57 bits per heavy atom. The molecule has 0 spiro atoms. The monoisotopic (exact) mass is 198 g/mol. The Labute approximate surface area is 80.3 Å². The van der Waals surface area contributed by atoms with Gasteiger partial charge in [0.15, 0.2) is 0 Å². The molecule has 14 heavy (non-hydrogen) atoms. The van der Waals surface area contributed by atoms with Crippen LogP contribution in [-0.2, 0) is 6.42 Å². The van der Waals surface area contributed by atoms with E-state index in [2.05, 4.69) is 0 Å². The Morgan fingerprint density at radius 1 is 1.43 bits per heavy atom. The quantitative estimate of drug-likeness (QED) is 0.633. The van der Waals surface area contributed by atoms with Crippen molar-refractivity contribution >= 4 is 17.3 Å². The molecular formula is C9H11FN2O2. The highest BCUT2D eigenvalue weighted by molar-refractivity contribution is 5.98. The van der Waals surface area contributed by atoms with Crippen LogP contribution in [0.25, 0.3) is 0 Å². The maximum atomic E-state index is 12.1. The van der Waals surface area contributed by atoms with Crippen molar-refractivity contribution in [2.75, 3.05) is 18.1 Å². The normalized spacial score (nSPS) is 10.1. The predicted molar refractivity (Wildman–Crippen MR) is 51.9 cm³/mol. The summed E-state index contributed by atoms with van der Waals surface area (Å²) in [6.07, 6.45) is 0.0338. The van der Waals surface area contributed by atoms with E-state index < -0.39 is 12.6 Å². The van der Waals surface area contributed by atoms with E-state index in [1.165, 1.54) is 12.1 Å². The fourth-order valence-electron chi connectivity index (χ4n) is 1.24. The van der Waals surface area contributed by atoms with Crippen molar-refractivity contribution < 1.29 is 14.3 Å². The molecule has 1 aromatic carbocycles. The van der Waals surface area contributed by atoms with Gasteiger partial charge in [-0.1, -0.05) is 6.07 Å². The second-order valence-corrected chi connectivity index (χ2v) is 2.85. The van der Waals surface area contributed by atoms with E-state index in [4.69, 9.17) is 16.6 Å². The average Bonchev–Trinajstić information content (AvgIpc) is 2.11. The van der Waals surface area contributed by atoms with Gasteiger partial charge in [-0.15, -0.1) is 0 Å². The van der Waals surface area contributed by atoms with Gasteiger partial charge in [0.05, 0.1) is 23.6 Å². The number of hydrogen-bond donors (Lipinski definition) is 3. The smallest absolute Gasteiger partial charge is 0.338 e. The van der Waals surface area contributed by atoms with Crippen LogP contribution in [0, 0.1) is 0 Å². The third-order valence-electron chi connectivity index (χ3n) is 1.94. The Bertz CT molecular complexity index is 366. The Balaban J connectivity index is 3.30. The van der Waals surface area contributed by atoms with Crippen molar-refractivity contribution in [1.29, 1.82) is 0 Å². The SMILES string of the molecule is Nc1ccc(CCF)c(C(=O)O)c1N. The lowest BCUT2D eigenvalue weighted by molar-refractivity contribution is 0.0697. The zero-order chi connectivity index (χ0) is 10.7. The molecule has 0 saturated heterocycles. The second-order valence-electron chi connectivity index (χ2n) is 2.85. The summed E-state index contributed by atoms with van der Waals surface area (Å²) in [4.78, 5) is 10.8. The van der Waals surface area contributed by atoms with E-state index in [1.54, 1.807) is 0 Å². The second kappa shape index (κ2) is 3.95.